The van der Waals surface area contributed by atoms with E-state index < -0.39 is 11.6 Å². The van der Waals surface area contributed by atoms with Gasteiger partial charge in [0.1, 0.15) is 11.9 Å². The van der Waals surface area contributed by atoms with Crippen LogP contribution in [0, 0.1) is 26.6 Å². The third kappa shape index (κ3) is 3.91. The second kappa shape index (κ2) is 8.37. The molecule has 0 unspecified atom stereocenters. The zero-order valence-corrected chi connectivity index (χ0v) is 18.4. The largest absolute Gasteiger partial charge is 0.350 e. The van der Waals surface area contributed by atoms with Crippen LogP contribution < -0.4 is 10.9 Å². The van der Waals surface area contributed by atoms with E-state index in [-0.39, 0.29) is 23.8 Å². The number of nitrogens with one attached hydrogen (secondary N) is 1. The minimum absolute atomic E-state index is 0.223. The van der Waals surface area contributed by atoms with Gasteiger partial charge in [0.05, 0.1) is 22.5 Å². The van der Waals surface area contributed by atoms with Gasteiger partial charge in [-0.3, -0.25) is 9.59 Å². The van der Waals surface area contributed by atoms with Crippen LogP contribution in [0.4, 0.5) is 4.39 Å². The summed E-state index contributed by atoms with van der Waals surface area (Å²) in [5.41, 5.74) is 4.01. The third-order valence-corrected chi connectivity index (χ3v) is 5.55. The summed E-state index contributed by atoms with van der Waals surface area (Å²) in [6.45, 7) is 7.54. The average molecular weight is 433 g/mol. The number of fused-ring (bicyclic) bond motifs is 1. The van der Waals surface area contributed by atoms with Crippen LogP contribution in [0.1, 0.15) is 35.5 Å². The lowest BCUT2D eigenvalue weighted by molar-refractivity contribution is -0.124. The fourth-order valence-corrected chi connectivity index (χ4v) is 3.70. The number of halogens is 1. The van der Waals surface area contributed by atoms with E-state index in [0.717, 1.165) is 22.5 Å². The van der Waals surface area contributed by atoms with Crippen molar-refractivity contribution in [3.05, 3.63) is 87.2 Å². The molecule has 0 saturated carbocycles. The van der Waals surface area contributed by atoms with Crippen LogP contribution >= 0.6 is 0 Å². The Labute approximate surface area is 184 Å². The first-order chi connectivity index (χ1) is 15.3. The number of aryl methyl sites for hydroxylation is 3. The molecule has 0 fully saturated rings. The predicted octanol–water partition coefficient (Wildman–Crippen LogP) is 3.52. The summed E-state index contributed by atoms with van der Waals surface area (Å²) in [5.74, 6) is -0.703. The molecule has 0 aliphatic rings. The maximum atomic E-state index is 13.2. The fourth-order valence-electron chi connectivity index (χ4n) is 3.70. The van der Waals surface area contributed by atoms with Gasteiger partial charge in [-0.25, -0.2) is 13.8 Å². The molecule has 2 aromatic carbocycles. The molecule has 7 nitrogen and oxygen atoms in total. The number of nitrogens with zero attached hydrogens (tertiary/aromatic N) is 4. The molecule has 32 heavy (non-hydrogen) atoms. The Hall–Kier alpha value is -3.81. The monoisotopic (exact) mass is 433 g/mol. The number of rotatable bonds is 5. The van der Waals surface area contributed by atoms with Crippen molar-refractivity contribution in [2.45, 2.75) is 40.3 Å². The van der Waals surface area contributed by atoms with Crippen molar-refractivity contribution in [1.82, 2.24) is 24.9 Å². The van der Waals surface area contributed by atoms with Crippen molar-refractivity contribution in [3.63, 3.8) is 0 Å². The molecule has 164 valence electrons. The minimum atomic E-state index is -0.837. The lowest BCUT2D eigenvalue weighted by atomic mass is 10.2. The van der Waals surface area contributed by atoms with Crippen molar-refractivity contribution in [1.29, 1.82) is 0 Å². The molecule has 0 bridgehead atoms. The summed E-state index contributed by atoms with van der Waals surface area (Å²) in [6, 6.07) is 12.9. The van der Waals surface area contributed by atoms with Gasteiger partial charge in [-0.05, 0) is 57.5 Å². The van der Waals surface area contributed by atoms with Crippen LogP contribution in [0.25, 0.3) is 16.6 Å². The predicted molar refractivity (Wildman–Crippen MR) is 120 cm³/mol. The van der Waals surface area contributed by atoms with Crippen LogP contribution in [-0.2, 0) is 11.3 Å². The van der Waals surface area contributed by atoms with Crippen LogP contribution in [0.5, 0.6) is 0 Å². The van der Waals surface area contributed by atoms with Crippen LogP contribution in [0.2, 0.25) is 0 Å². The van der Waals surface area contributed by atoms with E-state index in [9.17, 15) is 14.0 Å². The average Bonchev–Trinajstić information content (AvgIpc) is 3.13. The Balaban J connectivity index is 1.66. The van der Waals surface area contributed by atoms with E-state index in [2.05, 4.69) is 15.5 Å². The molecule has 1 atom stereocenters. The quantitative estimate of drug-likeness (QED) is 0.522. The number of carbonyl (C=O) groups excluding carboxylic acids is 1. The second-order valence-corrected chi connectivity index (χ2v) is 7.91. The first-order valence-corrected chi connectivity index (χ1v) is 10.3. The lowest BCUT2D eigenvalue weighted by Crippen LogP contribution is -2.37. The summed E-state index contributed by atoms with van der Waals surface area (Å²) >= 11 is 0. The molecule has 0 radical (unpaired) electrons. The third-order valence-electron chi connectivity index (χ3n) is 5.55. The lowest BCUT2D eigenvalue weighted by Gasteiger charge is -2.15. The van der Waals surface area contributed by atoms with Gasteiger partial charge >= 0.3 is 0 Å². The van der Waals surface area contributed by atoms with Gasteiger partial charge in [-0.15, -0.1) is 0 Å². The van der Waals surface area contributed by atoms with E-state index in [1.54, 1.807) is 30.7 Å². The summed E-state index contributed by atoms with van der Waals surface area (Å²) in [6.07, 6.45) is 0. The van der Waals surface area contributed by atoms with Gasteiger partial charge in [0.15, 0.2) is 5.52 Å². The molecule has 8 heteroatoms. The number of hydrogen-bond donors (Lipinski definition) is 1. The van der Waals surface area contributed by atoms with Crippen LogP contribution in [0.15, 0.2) is 53.3 Å². The molecule has 0 aliphatic carbocycles. The van der Waals surface area contributed by atoms with E-state index >= 15 is 0 Å². The van der Waals surface area contributed by atoms with Gasteiger partial charge in [0, 0.05) is 6.54 Å². The molecule has 1 N–H and O–H groups in total. The number of carbonyl (C=O) groups is 1. The Morgan fingerprint density at radius 3 is 2.34 bits per heavy atom. The summed E-state index contributed by atoms with van der Waals surface area (Å²) in [5, 5.41) is 12.4. The highest BCUT2D eigenvalue weighted by atomic mass is 19.1. The summed E-state index contributed by atoms with van der Waals surface area (Å²) in [7, 11) is 0. The van der Waals surface area contributed by atoms with E-state index in [1.165, 1.54) is 16.8 Å². The van der Waals surface area contributed by atoms with Crippen molar-refractivity contribution in [3.8, 4) is 5.69 Å². The van der Waals surface area contributed by atoms with Crippen LogP contribution in [0.3, 0.4) is 0 Å². The molecule has 4 aromatic rings. The van der Waals surface area contributed by atoms with Gasteiger partial charge in [-0.1, -0.05) is 29.8 Å². The van der Waals surface area contributed by atoms with E-state index in [0.29, 0.717) is 11.1 Å². The molecule has 2 heterocycles. The highest BCUT2D eigenvalue weighted by Gasteiger charge is 2.23. The standard InChI is InChI=1S/C24H24FN5O2/c1-14-5-11-20(12-6-14)29-16(3)21-15(2)27-30(24(32)22(21)28-29)17(4)23(31)26-13-18-7-9-19(25)10-8-18/h5-12,17H,13H2,1-4H3,(H,26,31)/t17-/m0/s1. The van der Waals surface area contributed by atoms with Gasteiger partial charge in [0.25, 0.3) is 5.56 Å². The maximum absolute atomic E-state index is 13.2. The topological polar surface area (TPSA) is 81.8 Å². The highest BCUT2D eigenvalue weighted by Crippen LogP contribution is 2.22. The summed E-state index contributed by atoms with van der Waals surface area (Å²) < 4.78 is 16.0. The SMILES string of the molecule is Cc1ccc(-n2nc3c(=O)n([C@@H](C)C(=O)NCc4ccc(F)cc4)nc(C)c3c2C)cc1. The smallest absolute Gasteiger partial charge is 0.295 e. The zero-order valence-electron chi connectivity index (χ0n) is 18.4. The number of amides is 1. The van der Waals surface area contributed by atoms with E-state index in [1.807, 2.05) is 38.1 Å². The van der Waals surface area contributed by atoms with E-state index in [4.69, 9.17) is 0 Å². The molecule has 2 aromatic heterocycles. The first kappa shape index (κ1) is 21.4. The molecular formula is C24H24FN5O2. The normalized spacial score (nSPS) is 12.2. The number of benzene rings is 2. The second-order valence-electron chi connectivity index (χ2n) is 7.91. The fraction of sp³-hybridized carbons (Fsp3) is 0.250. The zero-order chi connectivity index (χ0) is 23.0. The molecule has 4 rings (SSSR count). The van der Waals surface area contributed by atoms with Gasteiger partial charge in [0.2, 0.25) is 5.91 Å². The molecule has 0 spiro atoms. The van der Waals surface area contributed by atoms with Gasteiger partial charge in [-0.2, -0.15) is 10.2 Å². The van der Waals surface area contributed by atoms with Crippen molar-refractivity contribution < 1.29 is 9.18 Å². The number of aromatic nitrogens is 4. The first-order valence-electron chi connectivity index (χ1n) is 10.3. The maximum Gasteiger partial charge on any atom is 0.295 e. The van der Waals surface area contributed by atoms with Crippen LogP contribution in [-0.4, -0.2) is 25.5 Å². The highest BCUT2D eigenvalue weighted by molar-refractivity contribution is 5.84. The minimum Gasteiger partial charge on any atom is -0.350 e. The molecular weight excluding hydrogens is 409 g/mol. The summed E-state index contributed by atoms with van der Waals surface area (Å²) in [4.78, 5) is 25.9. The molecule has 0 aliphatic heterocycles. The Bertz CT molecular complexity index is 1350. The Morgan fingerprint density at radius 2 is 1.69 bits per heavy atom. The van der Waals surface area contributed by atoms with Crippen molar-refractivity contribution >= 4 is 16.8 Å². The van der Waals surface area contributed by atoms with Crippen molar-refractivity contribution in [2.24, 2.45) is 0 Å². The molecule has 0 saturated heterocycles. The Morgan fingerprint density at radius 1 is 1.03 bits per heavy atom. The Kier molecular flexibility index (Phi) is 5.61. The molecule has 1 amide bonds. The van der Waals surface area contributed by atoms with Crippen molar-refractivity contribution in [2.75, 3.05) is 0 Å². The van der Waals surface area contributed by atoms with Gasteiger partial charge < -0.3 is 5.32 Å². The number of hydrogen-bond acceptors (Lipinski definition) is 4.